The molecule has 1 N–H and O–H groups in total. The first-order valence-electron chi connectivity index (χ1n) is 5.73. The number of benzene rings is 1. The number of hydrogen-bond donors (Lipinski definition) is 2. The molecule has 1 aromatic rings. The predicted octanol–water partition coefficient (Wildman–Crippen LogP) is 2.05. The van der Waals surface area contributed by atoms with E-state index in [0.29, 0.717) is 5.56 Å². The summed E-state index contributed by atoms with van der Waals surface area (Å²) in [5.74, 6) is -0.0235. The van der Waals surface area contributed by atoms with Crippen molar-refractivity contribution >= 4 is 18.5 Å². The van der Waals surface area contributed by atoms with Crippen LogP contribution in [-0.4, -0.2) is 37.5 Å². The first-order valence-corrected chi connectivity index (χ1v) is 6.18. The molecular weight excluding hydrogens is 232 g/mol. The van der Waals surface area contributed by atoms with Crippen LogP contribution in [0, 0.1) is 0 Å². The van der Waals surface area contributed by atoms with Crippen LogP contribution in [0.5, 0.6) is 0 Å². The van der Waals surface area contributed by atoms with Gasteiger partial charge in [0.2, 0.25) is 0 Å². The summed E-state index contributed by atoms with van der Waals surface area (Å²) in [5.41, 5.74) is 0.680. The lowest BCUT2D eigenvalue weighted by atomic mass is 10.1. The van der Waals surface area contributed by atoms with E-state index in [2.05, 4.69) is 22.8 Å². The van der Waals surface area contributed by atoms with Gasteiger partial charge in [0.05, 0.1) is 0 Å². The molecule has 3 nitrogen and oxygen atoms in total. The number of nitrogens with one attached hydrogen (secondary N) is 1. The van der Waals surface area contributed by atoms with E-state index >= 15 is 0 Å². The quantitative estimate of drug-likeness (QED) is 0.786. The number of carbonyl (C=O) groups is 1. The van der Waals surface area contributed by atoms with Gasteiger partial charge in [-0.1, -0.05) is 0 Å². The fraction of sp³-hybridized carbons (Fsp3) is 0.462. The lowest BCUT2D eigenvalue weighted by molar-refractivity contribution is 0.0936. The number of carbonyl (C=O) groups excluding carboxylic acids is 1. The molecule has 1 amide bonds. The zero-order valence-corrected chi connectivity index (χ0v) is 11.5. The number of rotatable bonds is 5. The molecule has 4 heteroatoms. The van der Waals surface area contributed by atoms with E-state index in [1.165, 1.54) is 0 Å². The zero-order chi connectivity index (χ0) is 12.8. The van der Waals surface area contributed by atoms with Crippen LogP contribution in [0.3, 0.4) is 0 Å². The Morgan fingerprint density at radius 1 is 1.35 bits per heavy atom. The molecule has 0 aliphatic rings. The molecule has 1 aromatic carbocycles. The third-order valence-electron chi connectivity index (χ3n) is 2.52. The lowest BCUT2D eigenvalue weighted by Crippen LogP contribution is -2.34. The van der Waals surface area contributed by atoms with Gasteiger partial charge in [-0.15, -0.1) is 12.6 Å². The van der Waals surface area contributed by atoms with E-state index in [1.54, 1.807) is 12.1 Å². The van der Waals surface area contributed by atoms with Crippen molar-refractivity contribution in [3.8, 4) is 0 Å². The van der Waals surface area contributed by atoms with Gasteiger partial charge in [-0.25, -0.2) is 0 Å². The van der Waals surface area contributed by atoms with Gasteiger partial charge in [0.25, 0.3) is 5.91 Å². The Hall–Kier alpha value is -1.00. The molecule has 0 spiro atoms. The highest BCUT2D eigenvalue weighted by Gasteiger charge is 2.09. The van der Waals surface area contributed by atoms with Crippen molar-refractivity contribution in [3.05, 3.63) is 29.8 Å². The molecule has 0 aliphatic heterocycles. The highest BCUT2D eigenvalue weighted by atomic mass is 32.1. The first-order chi connectivity index (χ1) is 7.99. The summed E-state index contributed by atoms with van der Waals surface area (Å²) in [6.45, 7) is 2.99. The summed E-state index contributed by atoms with van der Waals surface area (Å²) in [7, 11) is 4.06. The molecule has 0 saturated carbocycles. The van der Waals surface area contributed by atoms with Crippen LogP contribution in [-0.2, 0) is 0 Å². The summed E-state index contributed by atoms with van der Waals surface area (Å²) in [6, 6.07) is 7.40. The smallest absolute Gasteiger partial charge is 0.251 e. The van der Waals surface area contributed by atoms with Gasteiger partial charge in [-0.3, -0.25) is 4.79 Å². The minimum Gasteiger partial charge on any atom is -0.350 e. The third kappa shape index (κ3) is 5.24. The molecule has 1 unspecified atom stereocenters. The Morgan fingerprint density at radius 3 is 2.47 bits per heavy atom. The maximum atomic E-state index is 11.9. The Morgan fingerprint density at radius 2 is 1.94 bits per heavy atom. The van der Waals surface area contributed by atoms with E-state index in [0.717, 1.165) is 17.9 Å². The van der Waals surface area contributed by atoms with E-state index in [-0.39, 0.29) is 11.9 Å². The van der Waals surface area contributed by atoms with Crippen molar-refractivity contribution in [3.63, 3.8) is 0 Å². The van der Waals surface area contributed by atoms with E-state index < -0.39 is 0 Å². The molecule has 0 heterocycles. The number of amides is 1. The van der Waals surface area contributed by atoms with Crippen LogP contribution in [0.2, 0.25) is 0 Å². The zero-order valence-electron chi connectivity index (χ0n) is 10.6. The molecule has 17 heavy (non-hydrogen) atoms. The number of thiol groups is 1. The van der Waals surface area contributed by atoms with Crippen molar-refractivity contribution in [1.82, 2.24) is 10.2 Å². The standard InChI is InChI=1S/C13H20N2OS/c1-10(8-9-15(2)3)14-13(16)11-4-6-12(17)7-5-11/h4-7,10,17H,8-9H2,1-3H3,(H,14,16). The molecule has 94 valence electrons. The molecule has 1 rings (SSSR count). The Bertz CT molecular complexity index is 362. The summed E-state index contributed by atoms with van der Waals surface area (Å²) in [6.07, 6.45) is 0.948. The second kappa shape index (κ2) is 6.67. The first kappa shape index (κ1) is 14.1. The van der Waals surface area contributed by atoms with Crippen LogP contribution in [0.1, 0.15) is 23.7 Å². The fourth-order valence-electron chi connectivity index (χ4n) is 1.44. The topological polar surface area (TPSA) is 32.3 Å². The Kier molecular flexibility index (Phi) is 5.51. The highest BCUT2D eigenvalue weighted by molar-refractivity contribution is 7.80. The van der Waals surface area contributed by atoms with Crippen molar-refractivity contribution in [2.24, 2.45) is 0 Å². The lowest BCUT2D eigenvalue weighted by Gasteiger charge is -2.16. The van der Waals surface area contributed by atoms with E-state index in [1.807, 2.05) is 33.2 Å². The number of hydrogen-bond acceptors (Lipinski definition) is 3. The maximum Gasteiger partial charge on any atom is 0.251 e. The summed E-state index contributed by atoms with van der Waals surface area (Å²) >= 11 is 4.19. The van der Waals surface area contributed by atoms with Gasteiger partial charge in [0.1, 0.15) is 0 Å². The van der Waals surface area contributed by atoms with Gasteiger partial charge in [0.15, 0.2) is 0 Å². The van der Waals surface area contributed by atoms with Gasteiger partial charge < -0.3 is 10.2 Å². The van der Waals surface area contributed by atoms with Crippen molar-refractivity contribution in [2.75, 3.05) is 20.6 Å². The van der Waals surface area contributed by atoms with Gasteiger partial charge in [0, 0.05) is 16.5 Å². The molecule has 0 fully saturated rings. The van der Waals surface area contributed by atoms with Gasteiger partial charge in [-0.2, -0.15) is 0 Å². The average molecular weight is 252 g/mol. The highest BCUT2D eigenvalue weighted by Crippen LogP contribution is 2.08. The SMILES string of the molecule is CC(CCN(C)C)NC(=O)c1ccc(S)cc1. The second-order valence-corrected chi connectivity index (χ2v) is 5.03. The molecule has 0 aliphatic carbocycles. The largest absolute Gasteiger partial charge is 0.350 e. The molecule has 0 saturated heterocycles. The molecule has 0 bridgehead atoms. The van der Waals surface area contributed by atoms with Crippen LogP contribution in [0.25, 0.3) is 0 Å². The average Bonchev–Trinajstić information content (AvgIpc) is 2.27. The third-order valence-corrected chi connectivity index (χ3v) is 2.81. The van der Waals surface area contributed by atoms with Crippen molar-refractivity contribution in [1.29, 1.82) is 0 Å². The van der Waals surface area contributed by atoms with E-state index in [9.17, 15) is 4.79 Å². The molecular formula is C13H20N2OS. The Labute approximate surface area is 109 Å². The van der Waals surface area contributed by atoms with Crippen molar-refractivity contribution in [2.45, 2.75) is 24.3 Å². The van der Waals surface area contributed by atoms with Gasteiger partial charge in [-0.05, 0) is 58.3 Å². The normalized spacial score (nSPS) is 12.5. The Balaban J connectivity index is 2.46. The predicted molar refractivity (Wildman–Crippen MR) is 73.8 cm³/mol. The summed E-state index contributed by atoms with van der Waals surface area (Å²) in [5, 5.41) is 2.98. The van der Waals surface area contributed by atoms with Gasteiger partial charge >= 0.3 is 0 Å². The van der Waals surface area contributed by atoms with Crippen LogP contribution in [0.4, 0.5) is 0 Å². The fourth-order valence-corrected chi connectivity index (χ4v) is 1.59. The van der Waals surface area contributed by atoms with E-state index in [4.69, 9.17) is 0 Å². The van der Waals surface area contributed by atoms with Crippen LogP contribution >= 0.6 is 12.6 Å². The molecule has 0 radical (unpaired) electrons. The molecule has 0 aromatic heterocycles. The van der Waals surface area contributed by atoms with Crippen LogP contribution in [0.15, 0.2) is 29.2 Å². The minimum absolute atomic E-state index is 0.0235. The maximum absolute atomic E-state index is 11.9. The molecule has 1 atom stereocenters. The second-order valence-electron chi connectivity index (χ2n) is 4.51. The summed E-state index contributed by atoms with van der Waals surface area (Å²) in [4.78, 5) is 14.8. The van der Waals surface area contributed by atoms with Crippen molar-refractivity contribution < 1.29 is 4.79 Å². The summed E-state index contributed by atoms with van der Waals surface area (Å²) < 4.78 is 0. The monoisotopic (exact) mass is 252 g/mol. The minimum atomic E-state index is -0.0235. The number of nitrogens with zero attached hydrogens (tertiary/aromatic N) is 1. The van der Waals surface area contributed by atoms with Crippen LogP contribution < -0.4 is 5.32 Å².